The standard InChI is InChI=1S/C15H19BrN2O3/c1-17(9-11-4-6-13(16)7-5-11)15(21)18-8-2-3-12(10-18)14(19)20/h4-7,12H,2-3,8-10H2,1H3,(H,19,20)/t12-/m1/s1. The van der Waals surface area contributed by atoms with Crippen molar-refractivity contribution in [2.24, 2.45) is 5.92 Å². The predicted octanol–water partition coefficient (Wildman–Crippen LogP) is 2.80. The minimum atomic E-state index is -0.817. The molecule has 1 aromatic carbocycles. The van der Waals surface area contributed by atoms with Gasteiger partial charge in [-0.15, -0.1) is 0 Å². The molecule has 1 aliphatic heterocycles. The largest absolute Gasteiger partial charge is 0.481 e. The van der Waals surface area contributed by atoms with Gasteiger partial charge in [0.2, 0.25) is 0 Å². The Morgan fingerprint density at radius 3 is 2.67 bits per heavy atom. The summed E-state index contributed by atoms with van der Waals surface area (Å²) in [6, 6.07) is 7.70. The summed E-state index contributed by atoms with van der Waals surface area (Å²) in [6.07, 6.45) is 1.39. The van der Waals surface area contributed by atoms with Crippen molar-refractivity contribution in [3.05, 3.63) is 34.3 Å². The lowest BCUT2D eigenvalue weighted by Gasteiger charge is -2.33. The number of benzene rings is 1. The zero-order chi connectivity index (χ0) is 15.4. The number of amides is 2. The normalized spacial score (nSPS) is 18.4. The lowest BCUT2D eigenvalue weighted by atomic mass is 9.99. The van der Waals surface area contributed by atoms with Crippen LogP contribution in [0.5, 0.6) is 0 Å². The maximum atomic E-state index is 12.4. The summed E-state index contributed by atoms with van der Waals surface area (Å²) in [6.45, 7) is 1.45. The molecule has 2 rings (SSSR count). The van der Waals surface area contributed by atoms with E-state index in [9.17, 15) is 9.59 Å². The molecule has 5 nitrogen and oxygen atoms in total. The van der Waals surface area contributed by atoms with Gasteiger partial charge in [0.15, 0.2) is 0 Å². The molecule has 0 saturated carbocycles. The number of urea groups is 1. The van der Waals surface area contributed by atoms with E-state index in [2.05, 4.69) is 15.9 Å². The number of hydrogen-bond acceptors (Lipinski definition) is 2. The summed E-state index contributed by atoms with van der Waals surface area (Å²) in [4.78, 5) is 26.7. The number of carbonyl (C=O) groups is 2. The third-order valence-corrected chi connectivity index (χ3v) is 4.23. The fraction of sp³-hybridized carbons (Fsp3) is 0.467. The second kappa shape index (κ2) is 6.93. The molecular formula is C15H19BrN2O3. The summed E-state index contributed by atoms with van der Waals surface area (Å²) in [5.41, 5.74) is 1.04. The molecule has 1 heterocycles. The molecule has 2 amide bonds. The van der Waals surface area contributed by atoms with Crippen LogP contribution in [0.2, 0.25) is 0 Å². The first-order valence-corrected chi connectivity index (χ1v) is 7.74. The van der Waals surface area contributed by atoms with Crippen LogP contribution in [0.15, 0.2) is 28.7 Å². The number of likely N-dealkylation sites (tertiary alicyclic amines) is 1. The van der Waals surface area contributed by atoms with E-state index in [0.717, 1.165) is 16.5 Å². The number of carboxylic acid groups (broad SMARTS) is 1. The summed E-state index contributed by atoms with van der Waals surface area (Å²) in [5.74, 6) is -1.26. The molecule has 6 heteroatoms. The highest BCUT2D eigenvalue weighted by Gasteiger charge is 2.29. The molecule has 0 aliphatic carbocycles. The Morgan fingerprint density at radius 2 is 2.05 bits per heavy atom. The molecule has 1 aliphatic rings. The second-order valence-electron chi connectivity index (χ2n) is 5.39. The van der Waals surface area contributed by atoms with Crippen molar-refractivity contribution in [3.8, 4) is 0 Å². The SMILES string of the molecule is CN(Cc1ccc(Br)cc1)C(=O)N1CCC[C@@H](C(=O)O)C1. The molecule has 0 aromatic heterocycles. The molecule has 21 heavy (non-hydrogen) atoms. The highest BCUT2D eigenvalue weighted by Crippen LogP contribution is 2.18. The number of hydrogen-bond donors (Lipinski definition) is 1. The van der Waals surface area contributed by atoms with Crippen LogP contribution in [0.3, 0.4) is 0 Å². The van der Waals surface area contributed by atoms with Crippen molar-refractivity contribution in [2.45, 2.75) is 19.4 Å². The van der Waals surface area contributed by atoms with Gasteiger partial charge in [0.05, 0.1) is 5.92 Å². The first-order chi connectivity index (χ1) is 9.97. The van der Waals surface area contributed by atoms with Gasteiger partial charge in [-0.3, -0.25) is 4.79 Å². The minimum Gasteiger partial charge on any atom is -0.481 e. The number of rotatable bonds is 3. The van der Waals surface area contributed by atoms with E-state index in [1.54, 1.807) is 16.8 Å². The Morgan fingerprint density at radius 1 is 1.38 bits per heavy atom. The van der Waals surface area contributed by atoms with E-state index in [1.165, 1.54) is 0 Å². The molecule has 1 fully saturated rings. The van der Waals surface area contributed by atoms with Gasteiger partial charge in [-0.25, -0.2) is 4.79 Å². The Labute approximate surface area is 132 Å². The van der Waals surface area contributed by atoms with Crippen molar-refractivity contribution in [2.75, 3.05) is 20.1 Å². The summed E-state index contributed by atoms with van der Waals surface area (Å²) >= 11 is 3.38. The molecule has 0 radical (unpaired) electrons. The maximum absolute atomic E-state index is 12.4. The molecular weight excluding hydrogens is 336 g/mol. The highest BCUT2D eigenvalue weighted by atomic mass is 79.9. The molecule has 1 N–H and O–H groups in total. The average molecular weight is 355 g/mol. The number of aliphatic carboxylic acids is 1. The topological polar surface area (TPSA) is 60.9 Å². The number of piperidine rings is 1. The van der Waals surface area contributed by atoms with E-state index >= 15 is 0 Å². The van der Waals surface area contributed by atoms with E-state index in [0.29, 0.717) is 26.1 Å². The predicted molar refractivity (Wildman–Crippen MR) is 82.9 cm³/mol. The Bertz CT molecular complexity index is 518. The van der Waals surface area contributed by atoms with E-state index in [4.69, 9.17) is 5.11 Å². The lowest BCUT2D eigenvalue weighted by Crippen LogP contribution is -2.47. The molecule has 1 aromatic rings. The zero-order valence-electron chi connectivity index (χ0n) is 12.0. The monoisotopic (exact) mass is 354 g/mol. The van der Waals surface area contributed by atoms with E-state index in [-0.39, 0.29) is 6.03 Å². The summed E-state index contributed by atoms with van der Waals surface area (Å²) < 4.78 is 1.00. The third kappa shape index (κ3) is 4.20. The average Bonchev–Trinajstić information content (AvgIpc) is 2.49. The van der Waals surface area contributed by atoms with Crippen LogP contribution in [0, 0.1) is 5.92 Å². The van der Waals surface area contributed by atoms with Crippen LogP contribution in [-0.2, 0) is 11.3 Å². The van der Waals surface area contributed by atoms with Crippen LogP contribution in [0.4, 0.5) is 4.79 Å². The molecule has 0 bridgehead atoms. The smallest absolute Gasteiger partial charge is 0.320 e. The van der Waals surface area contributed by atoms with Crippen molar-refractivity contribution >= 4 is 27.9 Å². The number of carboxylic acids is 1. The minimum absolute atomic E-state index is 0.108. The van der Waals surface area contributed by atoms with Crippen LogP contribution >= 0.6 is 15.9 Å². The summed E-state index contributed by atoms with van der Waals surface area (Å²) in [5, 5.41) is 9.08. The molecule has 1 atom stereocenters. The van der Waals surface area contributed by atoms with Gasteiger partial charge >= 0.3 is 12.0 Å². The van der Waals surface area contributed by atoms with Gasteiger partial charge in [0, 0.05) is 31.2 Å². The number of halogens is 1. The molecule has 1 saturated heterocycles. The van der Waals surface area contributed by atoms with Gasteiger partial charge in [-0.1, -0.05) is 28.1 Å². The first-order valence-electron chi connectivity index (χ1n) is 6.94. The lowest BCUT2D eigenvalue weighted by molar-refractivity contribution is -0.143. The van der Waals surface area contributed by atoms with Gasteiger partial charge in [-0.05, 0) is 30.5 Å². The van der Waals surface area contributed by atoms with Crippen LogP contribution in [0.1, 0.15) is 18.4 Å². The van der Waals surface area contributed by atoms with Crippen molar-refractivity contribution < 1.29 is 14.7 Å². The highest BCUT2D eigenvalue weighted by molar-refractivity contribution is 9.10. The quantitative estimate of drug-likeness (QED) is 0.907. The van der Waals surface area contributed by atoms with Gasteiger partial charge in [-0.2, -0.15) is 0 Å². The van der Waals surface area contributed by atoms with E-state index < -0.39 is 11.9 Å². The third-order valence-electron chi connectivity index (χ3n) is 3.70. The van der Waals surface area contributed by atoms with Gasteiger partial charge in [0.1, 0.15) is 0 Å². The maximum Gasteiger partial charge on any atom is 0.320 e. The second-order valence-corrected chi connectivity index (χ2v) is 6.30. The zero-order valence-corrected chi connectivity index (χ0v) is 13.5. The molecule has 114 valence electrons. The van der Waals surface area contributed by atoms with Crippen molar-refractivity contribution in [3.63, 3.8) is 0 Å². The van der Waals surface area contributed by atoms with Crippen LogP contribution in [0.25, 0.3) is 0 Å². The Balaban J connectivity index is 1.95. The fourth-order valence-corrected chi connectivity index (χ4v) is 2.79. The Kier molecular flexibility index (Phi) is 5.22. The molecule has 0 spiro atoms. The fourth-order valence-electron chi connectivity index (χ4n) is 2.53. The summed E-state index contributed by atoms with van der Waals surface area (Å²) in [7, 11) is 1.74. The van der Waals surface area contributed by atoms with Crippen molar-refractivity contribution in [1.29, 1.82) is 0 Å². The van der Waals surface area contributed by atoms with Crippen molar-refractivity contribution in [1.82, 2.24) is 9.80 Å². The van der Waals surface area contributed by atoms with Crippen LogP contribution < -0.4 is 0 Å². The number of nitrogens with zero attached hydrogens (tertiary/aromatic N) is 2. The van der Waals surface area contributed by atoms with Crippen LogP contribution in [-0.4, -0.2) is 47.0 Å². The first kappa shape index (κ1) is 15.8. The van der Waals surface area contributed by atoms with E-state index in [1.807, 2.05) is 24.3 Å². The van der Waals surface area contributed by atoms with Gasteiger partial charge in [0.25, 0.3) is 0 Å². The Hall–Kier alpha value is -1.56. The molecule has 0 unspecified atom stereocenters. The van der Waals surface area contributed by atoms with Gasteiger partial charge < -0.3 is 14.9 Å². The number of carbonyl (C=O) groups excluding carboxylic acids is 1.